The van der Waals surface area contributed by atoms with E-state index in [2.05, 4.69) is 5.32 Å². The fourth-order valence-corrected chi connectivity index (χ4v) is 1.47. The van der Waals surface area contributed by atoms with Gasteiger partial charge in [0.2, 0.25) is 0 Å². The summed E-state index contributed by atoms with van der Waals surface area (Å²) in [5, 5.41) is 11.8. The monoisotopic (exact) mass is 250 g/mol. The Balaban J connectivity index is 2.86. The van der Waals surface area contributed by atoms with Gasteiger partial charge in [-0.1, -0.05) is 26.0 Å². The van der Waals surface area contributed by atoms with Crippen LogP contribution in [0.2, 0.25) is 0 Å². The molecular formula is C13H18N2O3. The van der Waals surface area contributed by atoms with Gasteiger partial charge in [-0.3, -0.25) is 4.90 Å². The number of para-hydroxylation sites is 1. The third kappa shape index (κ3) is 3.48. The molecular weight excluding hydrogens is 232 g/mol. The first-order chi connectivity index (χ1) is 8.43. The Labute approximate surface area is 106 Å². The second-order valence-electron chi connectivity index (χ2n) is 4.46. The number of carbonyl (C=O) groups excluding carboxylic acids is 1. The molecule has 0 saturated carbocycles. The van der Waals surface area contributed by atoms with Crippen molar-refractivity contribution in [1.29, 1.82) is 0 Å². The van der Waals surface area contributed by atoms with Crippen molar-refractivity contribution in [2.45, 2.75) is 13.8 Å². The number of carbonyl (C=O) groups is 2. The highest BCUT2D eigenvalue weighted by Crippen LogP contribution is 2.19. The molecule has 0 aliphatic rings. The van der Waals surface area contributed by atoms with E-state index in [0.29, 0.717) is 18.2 Å². The molecule has 18 heavy (non-hydrogen) atoms. The van der Waals surface area contributed by atoms with Crippen LogP contribution in [-0.2, 0) is 0 Å². The Morgan fingerprint density at radius 1 is 1.33 bits per heavy atom. The summed E-state index contributed by atoms with van der Waals surface area (Å²) in [5.41, 5.74) is 0.492. The van der Waals surface area contributed by atoms with Gasteiger partial charge in [-0.15, -0.1) is 0 Å². The molecule has 0 spiro atoms. The molecule has 0 bridgehead atoms. The van der Waals surface area contributed by atoms with Crippen molar-refractivity contribution in [3.63, 3.8) is 0 Å². The summed E-state index contributed by atoms with van der Waals surface area (Å²) in [6.07, 6.45) is 0. The predicted octanol–water partition coefficient (Wildman–Crippen LogP) is 2.19. The maximum Gasteiger partial charge on any atom is 0.337 e. The number of carboxylic acids is 1. The summed E-state index contributed by atoms with van der Waals surface area (Å²) in [6.45, 7) is 4.54. The first-order valence-electron chi connectivity index (χ1n) is 5.77. The highest BCUT2D eigenvalue weighted by molar-refractivity contribution is 6.01. The van der Waals surface area contributed by atoms with Gasteiger partial charge in [0.05, 0.1) is 11.3 Å². The van der Waals surface area contributed by atoms with Crippen LogP contribution < -0.4 is 10.2 Å². The van der Waals surface area contributed by atoms with Crippen LogP contribution in [0.4, 0.5) is 10.5 Å². The van der Waals surface area contributed by atoms with E-state index in [4.69, 9.17) is 5.11 Å². The summed E-state index contributed by atoms with van der Waals surface area (Å²) in [5.74, 6) is -0.703. The first kappa shape index (κ1) is 14.0. The molecule has 2 N–H and O–H groups in total. The SMILES string of the molecule is CC(C)CNC(=O)N(C)c1ccccc1C(=O)O. The number of anilines is 1. The van der Waals surface area contributed by atoms with Crippen LogP contribution in [0.1, 0.15) is 24.2 Å². The summed E-state index contributed by atoms with van der Waals surface area (Å²) < 4.78 is 0. The zero-order valence-corrected chi connectivity index (χ0v) is 10.8. The number of nitrogens with zero attached hydrogens (tertiary/aromatic N) is 1. The zero-order chi connectivity index (χ0) is 13.7. The Hall–Kier alpha value is -2.04. The average molecular weight is 250 g/mol. The van der Waals surface area contributed by atoms with Gasteiger partial charge in [-0.2, -0.15) is 0 Å². The van der Waals surface area contributed by atoms with Crippen molar-refractivity contribution < 1.29 is 14.7 Å². The summed E-state index contributed by atoms with van der Waals surface area (Å²) in [6, 6.07) is 6.11. The van der Waals surface area contributed by atoms with Gasteiger partial charge in [-0.25, -0.2) is 9.59 Å². The van der Waals surface area contributed by atoms with Gasteiger partial charge >= 0.3 is 12.0 Å². The molecule has 0 heterocycles. The first-order valence-corrected chi connectivity index (χ1v) is 5.77. The van der Waals surface area contributed by atoms with Gasteiger partial charge in [0, 0.05) is 13.6 Å². The second kappa shape index (κ2) is 6.05. The summed E-state index contributed by atoms with van der Waals surface area (Å²) >= 11 is 0. The van der Waals surface area contributed by atoms with Crippen LogP contribution in [0, 0.1) is 5.92 Å². The average Bonchev–Trinajstić information content (AvgIpc) is 2.34. The topological polar surface area (TPSA) is 69.6 Å². The van der Waals surface area contributed by atoms with Crippen molar-refractivity contribution >= 4 is 17.7 Å². The minimum absolute atomic E-state index is 0.111. The van der Waals surface area contributed by atoms with E-state index in [9.17, 15) is 9.59 Å². The van der Waals surface area contributed by atoms with Gasteiger partial charge < -0.3 is 10.4 Å². The van der Waals surface area contributed by atoms with Crippen LogP contribution in [0.25, 0.3) is 0 Å². The van der Waals surface area contributed by atoms with Gasteiger partial charge in [0.15, 0.2) is 0 Å². The number of benzene rings is 1. The second-order valence-corrected chi connectivity index (χ2v) is 4.46. The van der Waals surface area contributed by atoms with Crippen molar-refractivity contribution in [3.05, 3.63) is 29.8 Å². The lowest BCUT2D eigenvalue weighted by Gasteiger charge is -2.20. The quantitative estimate of drug-likeness (QED) is 0.860. The summed E-state index contributed by atoms with van der Waals surface area (Å²) in [4.78, 5) is 24.2. The molecule has 5 heteroatoms. The normalized spacial score (nSPS) is 10.2. The Morgan fingerprint density at radius 2 is 1.94 bits per heavy atom. The molecule has 0 saturated heterocycles. The van der Waals surface area contributed by atoms with Crippen LogP contribution >= 0.6 is 0 Å². The molecule has 2 amide bonds. The molecule has 0 unspecified atom stereocenters. The van der Waals surface area contributed by atoms with Crippen molar-refractivity contribution in [2.24, 2.45) is 5.92 Å². The minimum Gasteiger partial charge on any atom is -0.478 e. The van der Waals surface area contributed by atoms with Crippen LogP contribution in [-0.4, -0.2) is 30.7 Å². The van der Waals surface area contributed by atoms with E-state index in [-0.39, 0.29) is 11.6 Å². The smallest absolute Gasteiger partial charge is 0.337 e. The van der Waals surface area contributed by atoms with Crippen LogP contribution in [0.5, 0.6) is 0 Å². The Kier molecular flexibility index (Phi) is 4.71. The molecule has 0 atom stereocenters. The molecule has 0 aliphatic heterocycles. The standard InChI is InChI=1S/C13H18N2O3/c1-9(2)8-14-13(18)15(3)11-7-5-4-6-10(11)12(16)17/h4-7,9H,8H2,1-3H3,(H,14,18)(H,16,17). The van der Waals surface area contributed by atoms with Crippen molar-refractivity contribution in [1.82, 2.24) is 5.32 Å². The van der Waals surface area contributed by atoms with Gasteiger partial charge in [0.1, 0.15) is 0 Å². The van der Waals surface area contributed by atoms with Gasteiger partial charge in [0.25, 0.3) is 0 Å². The number of aromatic carboxylic acids is 1. The Morgan fingerprint density at radius 3 is 2.50 bits per heavy atom. The molecule has 1 rings (SSSR count). The lowest BCUT2D eigenvalue weighted by Crippen LogP contribution is -2.39. The lowest BCUT2D eigenvalue weighted by molar-refractivity contribution is 0.0697. The number of urea groups is 1. The van der Waals surface area contributed by atoms with E-state index >= 15 is 0 Å². The van der Waals surface area contributed by atoms with Crippen LogP contribution in [0.3, 0.4) is 0 Å². The number of amides is 2. The fraction of sp³-hybridized carbons (Fsp3) is 0.385. The molecule has 0 aliphatic carbocycles. The van der Waals surface area contributed by atoms with E-state index in [0.717, 1.165) is 0 Å². The van der Waals surface area contributed by atoms with Crippen molar-refractivity contribution in [3.8, 4) is 0 Å². The summed E-state index contributed by atoms with van der Waals surface area (Å²) in [7, 11) is 1.55. The maximum absolute atomic E-state index is 11.8. The molecule has 5 nitrogen and oxygen atoms in total. The lowest BCUT2D eigenvalue weighted by atomic mass is 10.1. The van der Waals surface area contributed by atoms with E-state index in [1.165, 1.54) is 11.0 Å². The predicted molar refractivity (Wildman–Crippen MR) is 70.0 cm³/mol. The highest BCUT2D eigenvalue weighted by Gasteiger charge is 2.17. The number of rotatable bonds is 4. The fourth-order valence-electron chi connectivity index (χ4n) is 1.47. The molecule has 98 valence electrons. The molecule has 0 aromatic heterocycles. The molecule has 0 radical (unpaired) electrons. The van der Waals surface area contributed by atoms with Crippen molar-refractivity contribution in [2.75, 3.05) is 18.5 Å². The van der Waals surface area contributed by atoms with E-state index in [1.807, 2.05) is 13.8 Å². The number of hydrogen-bond acceptors (Lipinski definition) is 2. The zero-order valence-electron chi connectivity index (χ0n) is 10.8. The Bertz CT molecular complexity index is 444. The highest BCUT2D eigenvalue weighted by atomic mass is 16.4. The maximum atomic E-state index is 11.8. The van der Waals surface area contributed by atoms with Gasteiger partial charge in [-0.05, 0) is 18.1 Å². The third-order valence-corrected chi connectivity index (χ3v) is 2.46. The number of carboxylic acid groups (broad SMARTS) is 1. The number of nitrogens with one attached hydrogen (secondary N) is 1. The molecule has 1 aromatic rings. The molecule has 1 aromatic carbocycles. The van der Waals surface area contributed by atoms with E-state index in [1.54, 1.807) is 25.2 Å². The van der Waals surface area contributed by atoms with Crippen LogP contribution in [0.15, 0.2) is 24.3 Å². The molecule has 0 fully saturated rings. The third-order valence-electron chi connectivity index (χ3n) is 2.46. The number of hydrogen-bond donors (Lipinski definition) is 2. The van der Waals surface area contributed by atoms with E-state index < -0.39 is 5.97 Å². The minimum atomic E-state index is -1.05. The largest absolute Gasteiger partial charge is 0.478 e.